The second-order valence-corrected chi connectivity index (χ2v) is 8.16. The zero-order valence-corrected chi connectivity index (χ0v) is 20.7. The molecule has 35 heavy (non-hydrogen) atoms. The van der Waals surface area contributed by atoms with Crippen LogP contribution in [0.15, 0.2) is 35.4 Å². The topological polar surface area (TPSA) is 139 Å². The standard InChI is InChI=1S/C17H21FN6O2.C7H13NO/c1-10-6-12(16(19)23-24(2)20)8-14(22-10)17(25)21-9-11-4-5-13(18)15(7-11)26-3;1-7(9)8-5-3-2-4-6-8/h4-8H,9,20H2,1-3H3,(H2,19,23)(H,21,25);2-6H2,1H3. The molecule has 1 aliphatic rings. The summed E-state index contributed by atoms with van der Waals surface area (Å²) >= 11 is 0. The van der Waals surface area contributed by atoms with E-state index in [2.05, 4.69) is 15.4 Å². The lowest BCUT2D eigenvalue weighted by Gasteiger charge is -2.24. The average Bonchev–Trinajstić information content (AvgIpc) is 2.83. The molecule has 190 valence electrons. The second-order valence-electron chi connectivity index (χ2n) is 8.16. The fraction of sp³-hybridized carbons (Fsp3) is 0.417. The van der Waals surface area contributed by atoms with Gasteiger partial charge in [0, 0.05) is 44.9 Å². The van der Waals surface area contributed by atoms with E-state index in [9.17, 15) is 14.0 Å². The molecule has 1 aromatic heterocycles. The Hall–Kier alpha value is -3.73. The Balaban J connectivity index is 0.000000402. The smallest absolute Gasteiger partial charge is 0.270 e. The summed E-state index contributed by atoms with van der Waals surface area (Å²) < 4.78 is 18.4. The van der Waals surface area contributed by atoms with Crippen molar-refractivity contribution in [3.63, 3.8) is 0 Å². The van der Waals surface area contributed by atoms with Crippen LogP contribution in [0.2, 0.25) is 0 Å². The third kappa shape index (κ3) is 8.85. The first-order valence-corrected chi connectivity index (χ1v) is 11.3. The van der Waals surface area contributed by atoms with E-state index in [1.807, 2.05) is 4.90 Å². The quantitative estimate of drug-likeness (QED) is 0.245. The Morgan fingerprint density at radius 2 is 1.91 bits per heavy atom. The normalized spacial score (nSPS) is 13.4. The van der Waals surface area contributed by atoms with Crippen molar-refractivity contribution in [1.29, 1.82) is 0 Å². The lowest BCUT2D eigenvalue weighted by Crippen LogP contribution is -2.33. The number of hydrogen-bond acceptors (Lipinski definition) is 7. The van der Waals surface area contributed by atoms with Crippen LogP contribution in [0.5, 0.6) is 5.75 Å². The number of piperidine rings is 1. The molecule has 1 aromatic carbocycles. The number of carbonyl (C=O) groups is 2. The van der Waals surface area contributed by atoms with Gasteiger partial charge in [-0.3, -0.25) is 9.59 Å². The number of nitrogens with two attached hydrogens (primary N) is 2. The molecule has 0 radical (unpaired) electrons. The van der Waals surface area contributed by atoms with Crippen molar-refractivity contribution in [2.24, 2.45) is 16.7 Å². The van der Waals surface area contributed by atoms with Crippen LogP contribution in [0, 0.1) is 12.7 Å². The van der Waals surface area contributed by atoms with Gasteiger partial charge in [-0.25, -0.2) is 20.3 Å². The minimum Gasteiger partial charge on any atom is -0.494 e. The molecule has 2 amide bonds. The fourth-order valence-electron chi connectivity index (χ4n) is 3.46. The Bertz CT molecular complexity index is 1050. The number of aromatic nitrogens is 1. The lowest BCUT2D eigenvalue weighted by molar-refractivity contribution is -0.129. The van der Waals surface area contributed by atoms with Crippen molar-refractivity contribution < 1.29 is 18.7 Å². The number of hydrazine groups is 1. The largest absolute Gasteiger partial charge is 0.494 e. The summed E-state index contributed by atoms with van der Waals surface area (Å²) in [4.78, 5) is 29.2. The van der Waals surface area contributed by atoms with Gasteiger partial charge in [-0.1, -0.05) is 6.07 Å². The van der Waals surface area contributed by atoms with Crippen LogP contribution in [-0.4, -0.2) is 59.9 Å². The number of nitrogens with zero attached hydrogens (tertiary/aromatic N) is 4. The average molecular weight is 488 g/mol. The van der Waals surface area contributed by atoms with Gasteiger partial charge in [-0.15, -0.1) is 5.10 Å². The van der Waals surface area contributed by atoms with E-state index >= 15 is 0 Å². The number of carbonyl (C=O) groups excluding carboxylic acids is 2. The maximum Gasteiger partial charge on any atom is 0.270 e. The highest BCUT2D eigenvalue weighted by molar-refractivity contribution is 6.00. The molecule has 2 aromatic rings. The van der Waals surface area contributed by atoms with Crippen LogP contribution in [0.1, 0.15) is 53.5 Å². The molecule has 11 heteroatoms. The van der Waals surface area contributed by atoms with E-state index in [0.717, 1.165) is 18.2 Å². The predicted molar refractivity (Wildman–Crippen MR) is 132 cm³/mol. The maximum atomic E-state index is 13.4. The number of rotatable bonds is 6. The molecule has 1 saturated heterocycles. The molecule has 5 N–H and O–H groups in total. The van der Waals surface area contributed by atoms with Crippen molar-refractivity contribution in [1.82, 2.24) is 20.3 Å². The number of hydrazone groups is 1. The molecule has 10 nitrogen and oxygen atoms in total. The van der Waals surface area contributed by atoms with Gasteiger partial charge in [0.2, 0.25) is 5.91 Å². The second kappa shape index (κ2) is 13.2. The minimum atomic E-state index is -0.466. The van der Waals surface area contributed by atoms with Gasteiger partial charge in [-0.2, -0.15) is 0 Å². The molecule has 0 unspecified atom stereocenters. The van der Waals surface area contributed by atoms with E-state index in [1.165, 1.54) is 51.6 Å². The SMILES string of the molecule is CC(=O)N1CCCCC1.COc1cc(CNC(=O)c2cc(/C(N)=N/N(C)N)cc(C)n2)ccc1F. The number of benzene rings is 1. The van der Waals surface area contributed by atoms with Crippen molar-refractivity contribution in [3.05, 3.63) is 58.7 Å². The van der Waals surface area contributed by atoms with Gasteiger partial charge in [0.1, 0.15) is 5.69 Å². The monoisotopic (exact) mass is 487 g/mol. The van der Waals surface area contributed by atoms with Gasteiger partial charge < -0.3 is 20.7 Å². The highest BCUT2D eigenvalue weighted by Gasteiger charge is 2.13. The number of methoxy groups -OCH3 is 1. The van der Waals surface area contributed by atoms with Crippen molar-refractivity contribution >= 4 is 17.6 Å². The Morgan fingerprint density at radius 1 is 1.23 bits per heavy atom. The van der Waals surface area contributed by atoms with E-state index < -0.39 is 11.7 Å². The summed E-state index contributed by atoms with van der Waals surface area (Å²) in [7, 11) is 2.91. The molecule has 0 spiro atoms. The van der Waals surface area contributed by atoms with Crippen LogP contribution >= 0.6 is 0 Å². The first-order chi connectivity index (χ1) is 16.6. The highest BCUT2D eigenvalue weighted by atomic mass is 19.1. The molecular weight excluding hydrogens is 453 g/mol. The van der Waals surface area contributed by atoms with Gasteiger partial charge in [0.05, 0.1) is 7.11 Å². The van der Waals surface area contributed by atoms with Crippen LogP contribution in [-0.2, 0) is 11.3 Å². The van der Waals surface area contributed by atoms with Gasteiger partial charge >= 0.3 is 0 Å². The number of aryl methyl sites for hydroxylation is 1. The van der Waals surface area contributed by atoms with Crippen molar-refractivity contribution in [2.75, 3.05) is 27.2 Å². The Kier molecular flexibility index (Phi) is 10.4. The first kappa shape index (κ1) is 27.5. The molecular formula is C24H34FN7O3. The zero-order valence-electron chi connectivity index (χ0n) is 20.7. The molecule has 3 rings (SSSR count). The Morgan fingerprint density at radius 3 is 2.49 bits per heavy atom. The van der Waals surface area contributed by atoms with E-state index in [1.54, 1.807) is 26.0 Å². The molecule has 0 atom stereocenters. The zero-order chi connectivity index (χ0) is 26.0. The molecule has 0 aliphatic carbocycles. The molecule has 1 fully saturated rings. The van der Waals surface area contributed by atoms with Gasteiger partial charge in [-0.05, 0) is 56.0 Å². The van der Waals surface area contributed by atoms with Crippen LogP contribution in [0.25, 0.3) is 0 Å². The summed E-state index contributed by atoms with van der Waals surface area (Å²) in [6.07, 6.45) is 3.68. The number of hydrogen-bond donors (Lipinski definition) is 3. The van der Waals surface area contributed by atoms with Gasteiger partial charge in [0.15, 0.2) is 17.4 Å². The van der Waals surface area contributed by atoms with Crippen LogP contribution in [0.3, 0.4) is 0 Å². The fourth-order valence-corrected chi connectivity index (χ4v) is 3.46. The number of halogens is 1. The van der Waals surface area contributed by atoms with E-state index in [4.69, 9.17) is 16.3 Å². The Labute approximate surface area is 205 Å². The number of ether oxygens (including phenoxy) is 1. The van der Waals surface area contributed by atoms with Crippen molar-refractivity contribution in [3.8, 4) is 5.75 Å². The van der Waals surface area contributed by atoms with E-state index in [0.29, 0.717) is 16.8 Å². The summed E-state index contributed by atoms with van der Waals surface area (Å²) in [5, 5.41) is 7.71. The summed E-state index contributed by atoms with van der Waals surface area (Å²) in [6, 6.07) is 7.59. The molecule has 0 saturated carbocycles. The van der Waals surface area contributed by atoms with Crippen LogP contribution < -0.4 is 21.6 Å². The van der Waals surface area contributed by atoms with Gasteiger partial charge in [0.25, 0.3) is 5.91 Å². The number of amides is 2. The van der Waals surface area contributed by atoms with Crippen LogP contribution in [0.4, 0.5) is 4.39 Å². The summed E-state index contributed by atoms with van der Waals surface area (Å²) in [5.74, 6) is 5.09. The molecule has 2 heterocycles. The van der Waals surface area contributed by atoms with E-state index in [-0.39, 0.29) is 29.7 Å². The maximum absolute atomic E-state index is 13.4. The highest BCUT2D eigenvalue weighted by Crippen LogP contribution is 2.18. The number of amidine groups is 1. The summed E-state index contributed by atoms with van der Waals surface area (Å²) in [5.41, 5.74) is 7.88. The lowest BCUT2D eigenvalue weighted by atomic mass is 10.1. The minimum absolute atomic E-state index is 0.114. The molecule has 0 bridgehead atoms. The first-order valence-electron chi connectivity index (χ1n) is 11.3. The predicted octanol–water partition coefficient (Wildman–Crippen LogP) is 1.91. The number of pyridine rings is 1. The number of likely N-dealkylation sites (tertiary alicyclic amines) is 1. The number of nitrogens with one attached hydrogen (secondary N) is 1. The molecule has 1 aliphatic heterocycles. The third-order valence-corrected chi connectivity index (χ3v) is 5.22. The van der Waals surface area contributed by atoms with Crippen molar-refractivity contribution in [2.45, 2.75) is 39.7 Å². The third-order valence-electron chi connectivity index (χ3n) is 5.22. The summed E-state index contributed by atoms with van der Waals surface area (Å²) in [6.45, 7) is 5.54.